The number of hydrogen-bond acceptors (Lipinski definition) is 3. The van der Waals surface area contributed by atoms with Crippen molar-refractivity contribution in [1.82, 2.24) is 10.6 Å². The van der Waals surface area contributed by atoms with Gasteiger partial charge < -0.3 is 20.1 Å². The van der Waals surface area contributed by atoms with Gasteiger partial charge in [0.2, 0.25) is 0 Å². The van der Waals surface area contributed by atoms with Crippen LogP contribution in [0, 0.1) is 0 Å². The van der Waals surface area contributed by atoms with E-state index in [0.717, 1.165) is 44.3 Å². The molecule has 5 nitrogen and oxygen atoms in total. The van der Waals surface area contributed by atoms with Crippen LogP contribution >= 0.6 is 24.0 Å². The summed E-state index contributed by atoms with van der Waals surface area (Å²) in [5.74, 6) is 1.74. The summed E-state index contributed by atoms with van der Waals surface area (Å²) in [5, 5.41) is 6.49. The van der Waals surface area contributed by atoms with Gasteiger partial charge in [-0.15, -0.1) is 24.0 Å². The third kappa shape index (κ3) is 5.24. The minimum absolute atomic E-state index is 0. The Morgan fingerprint density at radius 3 is 2.43 bits per heavy atom. The zero-order chi connectivity index (χ0) is 15.8. The molecule has 0 bridgehead atoms. The van der Waals surface area contributed by atoms with Crippen LogP contribution in [0.25, 0.3) is 0 Å². The van der Waals surface area contributed by atoms with E-state index < -0.39 is 0 Å². The third-order valence-corrected chi connectivity index (χ3v) is 4.28. The molecule has 0 amide bonds. The maximum atomic E-state index is 5.57. The maximum Gasteiger partial charge on any atom is 0.190 e. The van der Waals surface area contributed by atoms with E-state index in [0.29, 0.717) is 6.61 Å². The molecule has 0 atom stereocenters. The lowest BCUT2D eigenvalue weighted by atomic mass is 9.74. The van der Waals surface area contributed by atoms with Crippen molar-refractivity contribution in [2.45, 2.75) is 25.2 Å². The second kappa shape index (κ2) is 9.97. The molecule has 0 radical (unpaired) electrons. The van der Waals surface area contributed by atoms with Gasteiger partial charge in [-0.25, -0.2) is 0 Å². The Bertz CT molecular complexity index is 485. The van der Waals surface area contributed by atoms with E-state index in [-0.39, 0.29) is 29.4 Å². The predicted octanol–water partition coefficient (Wildman–Crippen LogP) is 2.55. The molecule has 1 aliphatic heterocycles. The summed E-state index contributed by atoms with van der Waals surface area (Å²) in [6, 6.07) is 8.48. The SMILES string of the molecule is CCOc1ccc(C2(CNC(=NC)NC)CCOCC2)cc1.I. The Kier molecular flexibility index (Phi) is 8.68. The number of halogens is 1. The molecule has 0 aromatic heterocycles. The molecule has 2 N–H and O–H groups in total. The summed E-state index contributed by atoms with van der Waals surface area (Å²) in [6.45, 7) is 5.14. The molecule has 2 rings (SSSR count). The Hall–Kier alpha value is -1.02. The second-order valence-corrected chi connectivity index (χ2v) is 5.53. The van der Waals surface area contributed by atoms with Crippen LogP contribution in [-0.4, -0.2) is 46.4 Å². The molecular weight excluding hydrogens is 405 g/mol. The van der Waals surface area contributed by atoms with Gasteiger partial charge in [-0.3, -0.25) is 4.99 Å². The monoisotopic (exact) mass is 433 g/mol. The Labute approximate surface area is 156 Å². The summed E-state index contributed by atoms with van der Waals surface area (Å²) in [6.07, 6.45) is 2.02. The van der Waals surface area contributed by atoms with Crippen molar-refractivity contribution in [2.75, 3.05) is 40.5 Å². The lowest BCUT2D eigenvalue weighted by Gasteiger charge is -2.38. The van der Waals surface area contributed by atoms with Gasteiger partial charge in [0.25, 0.3) is 0 Å². The van der Waals surface area contributed by atoms with Gasteiger partial charge >= 0.3 is 0 Å². The van der Waals surface area contributed by atoms with Crippen LogP contribution < -0.4 is 15.4 Å². The first-order valence-corrected chi connectivity index (χ1v) is 7.93. The van der Waals surface area contributed by atoms with Crippen LogP contribution in [0.4, 0.5) is 0 Å². The number of benzene rings is 1. The van der Waals surface area contributed by atoms with E-state index in [1.54, 1.807) is 7.05 Å². The van der Waals surface area contributed by atoms with E-state index in [9.17, 15) is 0 Å². The lowest BCUT2D eigenvalue weighted by Crippen LogP contribution is -2.47. The maximum absolute atomic E-state index is 5.57. The van der Waals surface area contributed by atoms with Crippen LogP contribution in [0.3, 0.4) is 0 Å². The van der Waals surface area contributed by atoms with E-state index >= 15 is 0 Å². The van der Waals surface area contributed by atoms with Gasteiger partial charge in [-0.05, 0) is 37.5 Å². The van der Waals surface area contributed by atoms with E-state index in [1.807, 2.05) is 14.0 Å². The molecule has 23 heavy (non-hydrogen) atoms. The lowest BCUT2D eigenvalue weighted by molar-refractivity contribution is 0.0514. The second-order valence-electron chi connectivity index (χ2n) is 5.53. The van der Waals surface area contributed by atoms with Crippen molar-refractivity contribution in [3.05, 3.63) is 29.8 Å². The van der Waals surface area contributed by atoms with Gasteiger partial charge in [0.15, 0.2) is 5.96 Å². The van der Waals surface area contributed by atoms with Crippen molar-refractivity contribution >= 4 is 29.9 Å². The fourth-order valence-electron chi connectivity index (χ4n) is 2.93. The molecule has 0 unspecified atom stereocenters. The van der Waals surface area contributed by atoms with Gasteiger partial charge in [0, 0.05) is 39.3 Å². The predicted molar refractivity (Wildman–Crippen MR) is 105 cm³/mol. The van der Waals surface area contributed by atoms with Crippen LogP contribution in [0.2, 0.25) is 0 Å². The van der Waals surface area contributed by atoms with Crippen molar-refractivity contribution in [1.29, 1.82) is 0 Å². The number of nitrogens with zero attached hydrogens (tertiary/aromatic N) is 1. The highest BCUT2D eigenvalue weighted by Gasteiger charge is 2.34. The summed E-state index contributed by atoms with van der Waals surface area (Å²) in [7, 11) is 3.66. The summed E-state index contributed by atoms with van der Waals surface area (Å²) < 4.78 is 11.1. The molecule has 1 aromatic rings. The fourth-order valence-corrected chi connectivity index (χ4v) is 2.93. The smallest absolute Gasteiger partial charge is 0.190 e. The summed E-state index contributed by atoms with van der Waals surface area (Å²) >= 11 is 0. The Balaban J connectivity index is 0.00000264. The Morgan fingerprint density at radius 1 is 1.26 bits per heavy atom. The molecule has 1 aliphatic rings. The average molecular weight is 433 g/mol. The number of aliphatic imine (C=N–C) groups is 1. The first-order valence-electron chi connectivity index (χ1n) is 7.93. The number of guanidine groups is 1. The zero-order valence-electron chi connectivity index (χ0n) is 14.2. The Morgan fingerprint density at radius 2 is 1.91 bits per heavy atom. The highest BCUT2D eigenvalue weighted by atomic mass is 127. The fraction of sp³-hybridized carbons (Fsp3) is 0.588. The van der Waals surface area contributed by atoms with Crippen molar-refractivity contribution < 1.29 is 9.47 Å². The van der Waals surface area contributed by atoms with Crippen LogP contribution in [-0.2, 0) is 10.2 Å². The molecule has 6 heteroatoms. The minimum atomic E-state index is 0. The summed E-state index contributed by atoms with van der Waals surface area (Å²) in [5.41, 5.74) is 1.41. The van der Waals surface area contributed by atoms with Crippen molar-refractivity contribution in [2.24, 2.45) is 4.99 Å². The molecule has 0 aliphatic carbocycles. The molecule has 1 heterocycles. The van der Waals surface area contributed by atoms with Crippen LogP contribution in [0.1, 0.15) is 25.3 Å². The molecular formula is C17H28IN3O2. The normalized spacial score (nSPS) is 17.1. The first kappa shape index (κ1) is 20.0. The van der Waals surface area contributed by atoms with Crippen LogP contribution in [0.15, 0.2) is 29.3 Å². The number of nitrogens with one attached hydrogen (secondary N) is 2. The van der Waals surface area contributed by atoms with Crippen LogP contribution in [0.5, 0.6) is 5.75 Å². The largest absolute Gasteiger partial charge is 0.494 e. The molecule has 0 saturated carbocycles. The average Bonchev–Trinajstić information content (AvgIpc) is 2.57. The molecule has 1 saturated heterocycles. The van der Waals surface area contributed by atoms with Gasteiger partial charge in [-0.2, -0.15) is 0 Å². The number of ether oxygens (including phenoxy) is 2. The molecule has 0 spiro atoms. The highest BCUT2D eigenvalue weighted by Crippen LogP contribution is 2.35. The third-order valence-electron chi connectivity index (χ3n) is 4.28. The number of rotatable bonds is 5. The quantitative estimate of drug-likeness (QED) is 0.426. The molecule has 1 aromatic carbocycles. The van der Waals surface area contributed by atoms with Gasteiger partial charge in [0.05, 0.1) is 6.61 Å². The highest BCUT2D eigenvalue weighted by molar-refractivity contribution is 14.0. The topological polar surface area (TPSA) is 54.9 Å². The standard InChI is InChI=1S/C17H27N3O2.HI/c1-4-22-15-7-5-14(6-8-15)17(9-11-21-12-10-17)13-20-16(18-2)19-3;/h5-8H,4,9-13H2,1-3H3,(H2,18,19,20);1H. The number of hydrogen-bond donors (Lipinski definition) is 2. The summed E-state index contributed by atoms with van der Waals surface area (Å²) in [4.78, 5) is 4.20. The first-order chi connectivity index (χ1) is 10.7. The molecule has 1 fully saturated rings. The minimum Gasteiger partial charge on any atom is -0.494 e. The van der Waals surface area contributed by atoms with E-state index in [2.05, 4.69) is 39.9 Å². The van der Waals surface area contributed by atoms with Gasteiger partial charge in [0.1, 0.15) is 5.75 Å². The van der Waals surface area contributed by atoms with Crippen molar-refractivity contribution in [3.63, 3.8) is 0 Å². The van der Waals surface area contributed by atoms with Crippen molar-refractivity contribution in [3.8, 4) is 5.75 Å². The van der Waals surface area contributed by atoms with Gasteiger partial charge in [-0.1, -0.05) is 12.1 Å². The zero-order valence-corrected chi connectivity index (χ0v) is 16.6. The molecule has 130 valence electrons. The van der Waals surface area contributed by atoms with E-state index in [4.69, 9.17) is 9.47 Å². The van der Waals surface area contributed by atoms with E-state index in [1.165, 1.54) is 5.56 Å².